The molecule has 3 aromatic carbocycles. The number of esters is 1. The van der Waals surface area contributed by atoms with E-state index in [4.69, 9.17) is 5.73 Å². The third-order valence-corrected chi connectivity index (χ3v) is 8.19. The number of fused-ring (bicyclic) bond motifs is 1. The minimum absolute atomic E-state index is 0. The minimum Gasteiger partial charge on any atom is -0.870 e. The topological polar surface area (TPSA) is 246 Å². The molecule has 0 aliphatic carbocycles. The Morgan fingerprint density at radius 1 is 0.974 bits per heavy atom. The number of anilines is 1. The van der Waals surface area contributed by atoms with E-state index in [1.807, 2.05) is 0 Å². The van der Waals surface area contributed by atoms with E-state index in [-0.39, 0.29) is 87.1 Å². The summed E-state index contributed by atoms with van der Waals surface area (Å²) in [7, 11) is -13.9. The smallest absolute Gasteiger partial charge is 0.870 e. The average molecular weight is 618 g/mol. The molecule has 0 bridgehead atoms. The molecule has 19 heteroatoms. The summed E-state index contributed by atoms with van der Waals surface area (Å²) < 4.78 is 96.7. The number of nitrogen functional groups attached to an aromatic ring is 1. The summed E-state index contributed by atoms with van der Waals surface area (Å²) in [6.45, 7) is 0.780. The van der Waals surface area contributed by atoms with E-state index in [1.165, 1.54) is 12.1 Å². The van der Waals surface area contributed by atoms with Crippen LogP contribution in [0.1, 0.15) is 6.92 Å². The summed E-state index contributed by atoms with van der Waals surface area (Å²) >= 11 is 0. The summed E-state index contributed by atoms with van der Waals surface area (Å²) in [5.41, 5.74) is 4.39. The first-order valence-electron chi connectivity index (χ1n) is 9.89. The number of nitrogens with zero attached hydrogens (tertiary/aromatic N) is 2. The van der Waals surface area contributed by atoms with E-state index in [2.05, 4.69) is 15.0 Å². The standard InChI is InChI=1S/C20H19N3O11S3.2Na/c1-11(24)34-6-7-35(26,27)14-4-2-13(3-5-14)22-23-19-17(37(31,32)33)9-12-8-15(36(28,29)30)10-16(21)18(12)20(19)25;;/h2-5,8-10,25H,6-7,21H2,1H3,(H,28,29,30)(H,31,32,33);;/q;2*+1/p-2. The molecule has 0 fully saturated rings. The molecule has 14 nitrogen and oxygen atoms in total. The first kappa shape index (κ1) is 35.4. The van der Waals surface area contributed by atoms with E-state index >= 15 is 0 Å². The monoisotopic (exact) mass is 617 g/mol. The molecule has 39 heavy (non-hydrogen) atoms. The van der Waals surface area contributed by atoms with Gasteiger partial charge in [0.2, 0.25) is 0 Å². The Bertz CT molecular complexity index is 1760. The van der Waals surface area contributed by atoms with Crippen molar-refractivity contribution in [3.05, 3.63) is 42.5 Å². The fraction of sp³-hybridized carbons (Fsp3) is 0.150. The minimum atomic E-state index is -5.09. The summed E-state index contributed by atoms with van der Waals surface area (Å²) in [5.74, 6) is -2.25. The van der Waals surface area contributed by atoms with Crippen LogP contribution >= 0.6 is 0 Å². The van der Waals surface area contributed by atoms with Crippen LogP contribution in [0.2, 0.25) is 0 Å². The molecule has 0 atom stereocenters. The van der Waals surface area contributed by atoms with Crippen LogP contribution in [0.3, 0.4) is 0 Å². The van der Waals surface area contributed by atoms with Crippen LogP contribution < -0.4 is 70.0 Å². The molecule has 0 heterocycles. The van der Waals surface area contributed by atoms with Crippen molar-refractivity contribution < 1.29 is 108 Å². The van der Waals surface area contributed by atoms with Gasteiger partial charge in [0.1, 0.15) is 21.6 Å². The van der Waals surface area contributed by atoms with Gasteiger partial charge in [0.05, 0.1) is 26.9 Å². The molecule has 0 aliphatic rings. The molecular weight excluding hydrogens is 600 g/mol. The van der Waals surface area contributed by atoms with E-state index in [0.717, 1.165) is 31.2 Å². The predicted octanol–water partition coefficient (Wildman–Crippen LogP) is -4.59. The second-order valence-corrected chi connectivity index (χ2v) is 12.3. The van der Waals surface area contributed by atoms with E-state index in [1.54, 1.807) is 0 Å². The molecule has 3 rings (SSSR count). The number of benzene rings is 3. The molecular formula is C20H17N3Na2O11S3. The number of carbonyl (C=O) groups is 1. The predicted molar refractivity (Wildman–Crippen MR) is 125 cm³/mol. The van der Waals surface area contributed by atoms with Gasteiger partial charge in [-0.25, -0.2) is 16.8 Å². The third-order valence-electron chi connectivity index (χ3n) is 4.82. The van der Waals surface area contributed by atoms with Gasteiger partial charge < -0.3 is 20.1 Å². The number of nitrogens with two attached hydrogens (primary N) is 1. The Kier molecular flexibility index (Phi) is 12.1. The van der Waals surface area contributed by atoms with Gasteiger partial charge in [0.25, 0.3) is 10.1 Å². The normalized spacial score (nSPS) is 12.1. The van der Waals surface area contributed by atoms with E-state index in [9.17, 15) is 44.3 Å². The molecule has 0 saturated carbocycles. The van der Waals surface area contributed by atoms with Gasteiger partial charge in [-0.3, -0.25) is 9.35 Å². The van der Waals surface area contributed by atoms with Gasteiger partial charge in [-0.2, -0.15) is 13.5 Å². The van der Waals surface area contributed by atoms with Gasteiger partial charge in [0.15, 0.2) is 9.84 Å². The Hall–Kier alpha value is -1.64. The van der Waals surface area contributed by atoms with Crippen molar-refractivity contribution in [2.75, 3.05) is 18.1 Å². The van der Waals surface area contributed by atoms with Crippen molar-refractivity contribution in [1.82, 2.24) is 0 Å². The van der Waals surface area contributed by atoms with Crippen LogP contribution in [0.5, 0.6) is 5.75 Å². The van der Waals surface area contributed by atoms with Crippen molar-refractivity contribution in [2.24, 2.45) is 10.2 Å². The van der Waals surface area contributed by atoms with Gasteiger partial charge in [-0.15, -0.1) is 5.11 Å². The molecule has 0 saturated heterocycles. The SMILES string of the molecule is CC(=O)OCCS(=O)(=O)c1ccc(N=Nc2c(S(=O)(=O)O)cc3cc(S(=O)(=O)[O-])cc(N)c3c2[O-])cc1.[Na+].[Na+]. The maximum atomic E-state index is 13.0. The van der Waals surface area contributed by atoms with Crippen molar-refractivity contribution >= 4 is 63.9 Å². The van der Waals surface area contributed by atoms with Crippen molar-refractivity contribution in [1.29, 1.82) is 0 Å². The maximum Gasteiger partial charge on any atom is 1.00 e. The Morgan fingerprint density at radius 2 is 1.56 bits per heavy atom. The molecule has 3 N–H and O–H groups in total. The van der Waals surface area contributed by atoms with Crippen molar-refractivity contribution in [3.63, 3.8) is 0 Å². The molecule has 0 amide bonds. The number of rotatable bonds is 8. The number of azo groups is 1. The number of hydrogen-bond donors (Lipinski definition) is 2. The Morgan fingerprint density at radius 3 is 2.08 bits per heavy atom. The Balaban J connectivity index is 0.00000380. The maximum absolute atomic E-state index is 13.0. The zero-order chi connectivity index (χ0) is 27.8. The molecule has 0 radical (unpaired) electrons. The van der Waals surface area contributed by atoms with E-state index in [0.29, 0.717) is 6.07 Å². The van der Waals surface area contributed by atoms with Gasteiger partial charge >= 0.3 is 65.1 Å². The van der Waals surface area contributed by atoms with Crippen LogP contribution in [0, 0.1) is 0 Å². The number of ether oxygens (including phenoxy) is 1. The van der Waals surface area contributed by atoms with E-state index < -0.39 is 68.7 Å². The zero-order valence-corrected chi connectivity index (χ0v) is 27.1. The quantitative estimate of drug-likeness (QED) is 0.0797. The van der Waals surface area contributed by atoms with Crippen molar-refractivity contribution in [3.8, 4) is 5.75 Å². The second-order valence-electron chi connectivity index (χ2n) is 7.45. The average Bonchev–Trinajstić information content (AvgIpc) is 2.76. The summed E-state index contributed by atoms with van der Waals surface area (Å²) in [4.78, 5) is 8.81. The van der Waals surface area contributed by atoms with Gasteiger partial charge in [-0.05, 0) is 53.2 Å². The summed E-state index contributed by atoms with van der Waals surface area (Å²) in [6.07, 6.45) is 0. The fourth-order valence-electron chi connectivity index (χ4n) is 3.15. The first-order chi connectivity index (χ1) is 17.0. The first-order valence-corrected chi connectivity index (χ1v) is 14.4. The fourth-order valence-corrected chi connectivity index (χ4v) is 5.44. The zero-order valence-electron chi connectivity index (χ0n) is 20.7. The van der Waals surface area contributed by atoms with Crippen LogP contribution in [0.25, 0.3) is 10.8 Å². The largest absolute Gasteiger partial charge is 1.00 e. The van der Waals surface area contributed by atoms with Gasteiger partial charge in [0, 0.05) is 12.6 Å². The molecule has 0 aliphatic heterocycles. The molecule has 198 valence electrons. The number of hydrogen-bond acceptors (Lipinski definition) is 13. The van der Waals surface area contributed by atoms with Crippen LogP contribution in [-0.2, 0) is 39.6 Å². The van der Waals surface area contributed by atoms with Crippen LogP contribution in [0.4, 0.5) is 17.1 Å². The molecule has 0 spiro atoms. The van der Waals surface area contributed by atoms with Crippen LogP contribution in [0.15, 0.2) is 67.4 Å². The number of carbonyl (C=O) groups excluding carboxylic acids is 1. The van der Waals surface area contributed by atoms with Crippen molar-refractivity contribution in [2.45, 2.75) is 21.6 Å². The molecule has 3 aromatic rings. The Labute approximate surface area is 267 Å². The second kappa shape index (κ2) is 13.3. The van der Waals surface area contributed by atoms with Crippen LogP contribution in [-0.4, -0.2) is 52.7 Å². The molecule has 0 unspecified atom stereocenters. The summed E-state index contributed by atoms with van der Waals surface area (Å²) in [5, 5.41) is 19.6. The third kappa shape index (κ3) is 8.67. The number of sulfone groups is 1. The summed E-state index contributed by atoms with van der Waals surface area (Å²) in [6, 6.07) is 6.86. The molecule has 0 aromatic heterocycles. The van der Waals surface area contributed by atoms with Gasteiger partial charge in [-0.1, -0.05) is 5.75 Å².